The average Bonchev–Trinajstić information content (AvgIpc) is 2.47. The monoisotopic (exact) mass is 349 g/mol. The fourth-order valence-corrected chi connectivity index (χ4v) is 2.24. The molecule has 0 radical (unpaired) electrons. The molecule has 0 saturated carbocycles. The van der Waals surface area contributed by atoms with Crippen molar-refractivity contribution in [1.29, 1.82) is 0 Å². The first kappa shape index (κ1) is 15.3. The van der Waals surface area contributed by atoms with Gasteiger partial charge in [-0.1, -0.05) is 15.9 Å². The summed E-state index contributed by atoms with van der Waals surface area (Å²) in [4.78, 5) is 16.3. The number of ether oxygens (including phenoxy) is 1. The zero-order valence-corrected chi connectivity index (χ0v) is 13.4. The van der Waals surface area contributed by atoms with Gasteiger partial charge < -0.3 is 15.4 Å². The number of nitrogens with zero attached hydrogens (tertiary/aromatic N) is 1. The topological polar surface area (TPSA) is 63.2 Å². The largest absolute Gasteiger partial charge is 0.497 e. The molecule has 1 heterocycles. The van der Waals surface area contributed by atoms with Crippen LogP contribution in [0.3, 0.4) is 0 Å². The van der Waals surface area contributed by atoms with Crippen molar-refractivity contribution in [3.8, 4) is 5.75 Å². The van der Waals surface area contributed by atoms with Crippen molar-refractivity contribution in [2.45, 2.75) is 6.92 Å². The van der Waals surface area contributed by atoms with E-state index in [1.807, 2.05) is 13.0 Å². The van der Waals surface area contributed by atoms with Crippen LogP contribution in [-0.4, -0.2) is 24.5 Å². The number of hydrogen-bond acceptors (Lipinski definition) is 4. The Balaban J connectivity index is 2.12. The van der Waals surface area contributed by atoms with E-state index >= 15 is 0 Å². The minimum atomic E-state index is -0.217. The average molecular weight is 350 g/mol. The van der Waals surface area contributed by atoms with E-state index in [1.54, 1.807) is 37.6 Å². The number of anilines is 2. The summed E-state index contributed by atoms with van der Waals surface area (Å²) in [6, 6.07) is 8.89. The first-order valence-corrected chi connectivity index (χ1v) is 7.27. The first-order chi connectivity index (χ1) is 10.1. The summed E-state index contributed by atoms with van der Waals surface area (Å²) in [6.07, 6.45) is 1.54. The summed E-state index contributed by atoms with van der Waals surface area (Å²) in [5.41, 5.74) is 1.15. The van der Waals surface area contributed by atoms with E-state index in [-0.39, 0.29) is 5.91 Å². The van der Waals surface area contributed by atoms with E-state index in [0.717, 1.165) is 16.8 Å². The van der Waals surface area contributed by atoms with Crippen LogP contribution < -0.4 is 15.4 Å². The minimum absolute atomic E-state index is 0.217. The highest BCUT2D eigenvalue weighted by atomic mass is 79.9. The quantitative estimate of drug-likeness (QED) is 0.866. The van der Waals surface area contributed by atoms with Crippen LogP contribution in [0, 0.1) is 0 Å². The molecule has 21 heavy (non-hydrogen) atoms. The molecule has 0 aliphatic carbocycles. The number of carbonyl (C=O) groups excluding carboxylic acids is 1. The number of hydrogen-bond donors (Lipinski definition) is 2. The second kappa shape index (κ2) is 7.08. The van der Waals surface area contributed by atoms with Gasteiger partial charge in [0.25, 0.3) is 5.91 Å². The molecule has 0 saturated heterocycles. The normalized spacial score (nSPS) is 10.0. The van der Waals surface area contributed by atoms with Crippen molar-refractivity contribution in [1.82, 2.24) is 4.98 Å². The molecule has 5 nitrogen and oxygen atoms in total. The predicted octanol–water partition coefficient (Wildman–Crippen LogP) is 3.54. The molecular weight excluding hydrogens is 334 g/mol. The molecule has 0 spiro atoms. The molecule has 2 aromatic rings. The molecule has 0 aliphatic heterocycles. The highest BCUT2D eigenvalue weighted by Crippen LogP contribution is 2.24. The van der Waals surface area contributed by atoms with Crippen molar-refractivity contribution < 1.29 is 9.53 Å². The van der Waals surface area contributed by atoms with E-state index in [9.17, 15) is 4.79 Å². The lowest BCUT2D eigenvalue weighted by atomic mass is 10.2. The molecule has 2 N–H and O–H groups in total. The lowest BCUT2D eigenvalue weighted by Gasteiger charge is -2.08. The summed E-state index contributed by atoms with van der Waals surface area (Å²) in [6.45, 7) is 2.78. The van der Waals surface area contributed by atoms with Crippen molar-refractivity contribution in [3.05, 3.63) is 46.6 Å². The Bertz CT molecular complexity index is 629. The highest BCUT2D eigenvalue weighted by molar-refractivity contribution is 9.10. The summed E-state index contributed by atoms with van der Waals surface area (Å²) in [7, 11) is 1.58. The van der Waals surface area contributed by atoms with E-state index in [0.29, 0.717) is 17.0 Å². The van der Waals surface area contributed by atoms with Crippen molar-refractivity contribution in [3.63, 3.8) is 0 Å². The van der Waals surface area contributed by atoms with Gasteiger partial charge in [-0.3, -0.25) is 4.79 Å². The molecule has 1 aromatic heterocycles. The fraction of sp³-hybridized carbons (Fsp3) is 0.200. The van der Waals surface area contributed by atoms with Gasteiger partial charge in [0.1, 0.15) is 11.6 Å². The van der Waals surface area contributed by atoms with Crippen LogP contribution in [0.1, 0.15) is 17.3 Å². The summed E-state index contributed by atoms with van der Waals surface area (Å²) >= 11 is 3.37. The Morgan fingerprint density at radius 3 is 2.76 bits per heavy atom. The molecule has 0 fully saturated rings. The molecular formula is C15H16BrN3O2. The molecule has 6 heteroatoms. The van der Waals surface area contributed by atoms with Crippen LogP contribution in [0.4, 0.5) is 11.5 Å². The Morgan fingerprint density at radius 2 is 2.14 bits per heavy atom. The van der Waals surface area contributed by atoms with Crippen LogP contribution >= 0.6 is 15.9 Å². The minimum Gasteiger partial charge on any atom is -0.497 e. The van der Waals surface area contributed by atoms with E-state index in [2.05, 4.69) is 31.5 Å². The summed E-state index contributed by atoms with van der Waals surface area (Å²) < 4.78 is 5.99. The zero-order valence-electron chi connectivity index (χ0n) is 11.8. The molecule has 1 aromatic carbocycles. The maximum absolute atomic E-state index is 12.2. The summed E-state index contributed by atoms with van der Waals surface area (Å²) in [5, 5.41) is 5.90. The second-order valence-electron chi connectivity index (χ2n) is 4.30. The fourth-order valence-electron chi connectivity index (χ4n) is 1.77. The lowest BCUT2D eigenvalue weighted by Crippen LogP contribution is -2.12. The number of rotatable bonds is 5. The van der Waals surface area contributed by atoms with Crippen molar-refractivity contribution >= 4 is 33.3 Å². The van der Waals surface area contributed by atoms with Gasteiger partial charge >= 0.3 is 0 Å². The number of pyridine rings is 1. The molecule has 0 unspecified atom stereocenters. The number of aromatic nitrogens is 1. The van der Waals surface area contributed by atoms with Crippen LogP contribution in [0.5, 0.6) is 5.75 Å². The smallest absolute Gasteiger partial charge is 0.257 e. The van der Waals surface area contributed by atoms with Crippen LogP contribution in [0.15, 0.2) is 41.0 Å². The standard InChI is InChI=1S/C15H16BrN3O2/c1-3-17-14-5-4-10(9-18-14)15(20)19-12-6-11(16)7-13(8-12)21-2/h4-9H,3H2,1-2H3,(H,17,18)(H,19,20). The Kier molecular flexibility index (Phi) is 5.16. The molecule has 1 amide bonds. The zero-order chi connectivity index (χ0) is 15.2. The van der Waals surface area contributed by atoms with Gasteiger partial charge in [0.2, 0.25) is 0 Å². The van der Waals surface area contributed by atoms with E-state index < -0.39 is 0 Å². The van der Waals surface area contributed by atoms with Gasteiger partial charge in [0.05, 0.1) is 12.7 Å². The maximum atomic E-state index is 12.2. The SMILES string of the molecule is CCNc1ccc(C(=O)Nc2cc(Br)cc(OC)c2)cn1. The lowest BCUT2D eigenvalue weighted by molar-refractivity contribution is 0.102. The summed E-state index contributed by atoms with van der Waals surface area (Å²) in [5.74, 6) is 1.20. The van der Waals surface area contributed by atoms with Crippen molar-refractivity contribution in [2.24, 2.45) is 0 Å². The van der Waals surface area contributed by atoms with Gasteiger partial charge in [-0.15, -0.1) is 0 Å². The molecule has 0 bridgehead atoms. The highest BCUT2D eigenvalue weighted by Gasteiger charge is 2.08. The molecule has 0 aliphatic rings. The van der Waals surface area contributed by atoms with Gasteiger partial charge in [-0.2, -0.15) is 0 Å². The van der Waals surface area contributed by atoms with Gasteiger partial charge in [0.15, 0.2) is 0 Å². The predicted molar refractivity (Wildman–Crippen MR) is 87.0 cm³/mol. The van der Waals surface area contributed by atoms with E-state index in [4.69, 9.17) is 4.74 Å². The van der Waals surface area contributed by atoms with Crippen LogP contribution in [0.25, 0.3) is 0 Å². The molecule has 2 rings (SSSR count). The number of amides is 1. The van der Waals surface area contributed by atoms with E-state index in [1.165, 1.54) is 0 Å². The Hall–Kier alpha value is -2.08. The molecule has 110 valence electrons. The first-order valence-electron chi connectivity index (χ1n) is 6.48. The number of benzene rings is 1. The third-order valence-electron chi connectivity index (χ3n) is 2.75. The Morgan fingerprint density at radius 1 is 1.33 bits per heavy atom. The maximum Gasteiger partial charge on any atom is 0.257 e. The number of methoxy groups -OCH3 is 1. The van der Waals surface area contributed by atoms with Crippen LogP contribution in [0.2, 0.25) is 0 Å². The second-order valence-corrected chi connectivity index (χ2v) is 5.21. The third kappa shape index (κ3) is 4.19. The molecule has 0 atom stereocenters. The van der Waals surface area contributed by atoms with Gasteiger partial charge in [0, 0.05) is 29.0 Å². The Labute approximate surface area is 131 Å². The number of nitrogens with one attached hydrogen (secondary N) is 2. The number of halogens is 1. The number of carbonyl (C=O) groups is 1. The van der Waals surface area contributed by atoms with Gasteiger partial charge in [-0.25, -0.2) is 4.98 Å². The third-order valence-corrected chi connectivity index (χ3v) is 3.21. The van der Waals surface area contributed by atoms with Crippen molar-refractivity contribution in [2.75, 3.05) is 24.3 Å². The van der Waals surface area contributed by atoms with Gasteiger partial charge in [-0.05, 0) is 31.2 Å². The van der Waals surface area contributed by atoms with Crippen LogP contribution in [-0.2, 0) is 0 Å².